The number of halogens is 4. The third-order valence-corrected chi connectivity index (χ3v) is 14.5. The van der Waals surface area contributed by atoms with E-state index in [4.69, 9.17) is 75.0 Å². The fourth-order valence-electron chi connectivity index (χ4n) is 3.80. The van der Waals surface area contributed by atoms with Gasteiger partial charge in [-0.25, -0.2) is 0 Å². The van der Waals surface area contributed by atoms with Crippen molar-refractivity contribution < 1.29 is 4.12 Å². The molecule has 2 rings (SSSR count). The molecule has 0 aliphatic carbocycles. The molecule has 0 aliphatic rings. The summed E-state index contributed by atoms with van der Waals surface area (Å²) in [7, 11) is -3.61. The number of benzene rings is 2. The molecule has 37 heavy (non-hydrogen) atoms. The quantitative estimate of drug-likeness (QED) is 0.104. The fourth-order valence-corrected chi connectivity index (χ4v) is 14.0. The van der Waals surface area contributed by atoms with Crippen LogP contribution in [0.4, 0.5) is 11.4 Å². The molecule has 2 aromatic rings. The van der Waals surface area contributed by atoms with Crippen molar-refractivity contribution in [3.05, 3.63) is 56.5 Å². The molecular formula is C24H34Cl4N4OS2Si2. The molecule has 13 heteroatoms. The lowest BCUT2D eigenvalue weighted by Gasteiger charge is -2.34. The minimum Gasteiger partial charge on any atom is -0.455 e. The Balaban J connectivity index is 1.65. The Morgan fingerprint density at radius 1 is 0.703 bits per heavy atom. The molecule has 0 heterocycles. The Morgan fingerprint density at radius 2 is 1.08 bits per heavy atom. The van der Waals surface area contributed by atoms with E-state index in [9.17, 15) is 0 Å². The summed E-state index contributed by atoms with van der Waals surface area (Å²) in [5.74, 6) is 0. The van der Waals surface area contributed by atoms with Crippen molar-refractivity contribution in [1.29, 1.82) is 0 Å². The van der Waals surface area contributed by atoms with Crippen LogP contribution >= 0.6 is 70.8 Å². The molecule has 0 aromatic heterocycles. The molecule has 0 amide bonds. The van der Waals surface area contributed by atoms with Gasteiger partial charge in [0.1, 0.15) is 0 Å². The number of anilines is 2. The van der Waals surface area contributed by atoms with Crippen molar-refractivity contribution in [3.63, 3.8) is 0 Å². The maximum Gasteiger partial charge on any atom is 0.173 e. The highest BCUT2D eigenvalue weighted by Crippen LogP contribution is 2.27. The van der Waals surface area contributed by atoms with Gasteiger partial charge in [0.05, 0.1) is 21.4 Å². The Hall–Kier alpha value is -0.626. The van der Waals surface area contributed by atoms with Gasteiger partial charge in [0.25, 0.3) is 0 Å². The van der Waals surface area contributed by atoms with Crippen LogP contribution in [0.5, 0.6) is 0 Å². The first-order chi connectivity index (χ1) is 17.3. The topological polar surface area (TPSA) is 57.4 Å². The van der Waals surface area contributed by atoms with Gasteiger partial charge in [0.15, 0.2) is 26.9 Å². The van der Waals surface area contributed by atoms with Crippen molar-refractivity contribution in [2.24, 2.45) is 0 Å². The largest absolute Gasteiger partial charge is 0.455 e. The van der Waals surface area contributed by atoms with Crippen LogP contribution in [0.1, 0.15) is 12.8 Å². The van der Waals surface area contributed by atoms with Crippen LogP contribution in [0.2, 0.25) is 58.4 Å². The minimum atomic E-state index is -1.81. The van der Waals surface area contributed by atoms with Gasteiger partial charge in [-0.05, 0) is 112 Å². The van der Waals surface area contributed by atoms with Crippen molar-refractivity contribution in [2.75, 3.05) is 23.7 Å². The Labute approximate surface area is 253 Å². The van der Waals surface area contributed by atoms with Crippen LogP contribution in [0.3, 0.4) is 0 Å². The van der Waals surface area contributed by atoms with Crippen LogP contribution in [0, 0.1) is 0 Å². The summed E-state index contributed by atoms with van der Waals surface area (Å²) >= 11 is 35.1. The van der Waals surface area contributed by atoms with Gasteiger partial charge in [-0.2, -0.15) is 0 Å². The molecular weight excluding hydrogens is 622 g/mol. The summed E-state index contributed by atoms with van der Waals surface area (Å²) in [5.41, 5.74) is 1.46. The van der Waals surface area contributed by atoms with E-state index in [-0.39, 0.29) is 0 Å². The molecule has 2 aromatic carbocycles. The number of thiocarbonyl (C=S) groups is 2. The highest BCUT2D eigenvalue weighted by molar-refractivity contribution is 7.80. The second-order valence-corrected chi connectivity index (χ2v) is 21.2. The van der Waals surface area contributed by atoms with E-state index >= 15 is 0 Å². The molecule has 0 saturated carbocycles. The van der Waals surface area contributed by atoms with Crippen molar-refractivity contribution >= 4 is 109 Å². The summed E-state index contributed by atoms with van der Waals surface area (Å²) in [5, 5.41) is 16.0. The summed E-state index contributed by atoms with van der Waals surface area (Å²) in [6.07, 6.45) is 1.96. The molecule has 0 fully saturated rings. The molecule has 0 spiro atoms. The van der Waals surface area contributed by atoms with Gasteiger partial charge < -0.3 is 25.4 Å². The Kier molecular flexibility index (Phi) is 13.4. The van der Waals surface area contributed by atoms with Crippen LogP contribution in [-0.2, 0) is 4.12 Å². The average molecular weight is 657 g/mol. The van der Waals surface area contributed by atoms with E-state index in [2.05, 4.69) is 47.5 Å². The van der Waals surface area contributed by atoms with E-state index in [0.717, 1.165) is 49.4 Å². The van der Waals surface area contributed by atoms with Crippen LogP contribution in [0.25, 0.3) is 0 Å². The lowest BCUT2D eigenvalue weighted by molar-refractivity contribution is 0.529. The zero-order valence-electron chi connectivity index (χ0n) is 21.4. The molecule has 0 atom stereocenters. The molecule has 0 radical (unpaired) electrons. The molecule has 204 valence electrons. The van der Waals surface area contributed by atoms with E-state index in [1.54, 1.807) is 24.3 Å². The monoisotopic (exact) mass is 654 g/mol. The molecule has 5 nitrogen and oxygen atoms in total. The number of rotatable bonds is 12. The molecule has 0 saturated heterocycles. The van der Waals surface area contributed by atoms with Crippen LogP contribution in [0.15, 0.2) is 36.4 Å². The molecule has 0 aliphatic heterocycles. The first kappa shape index (κ1) is 32.6. The predicted molar refractivity (Wildman–Crippen MR) is 176 cm³/mol. The van der Waals surface area contributed by atoms with E-state index < -0.39 is 16.6 Å². The summed E-state index contributed by atoms with van der Waals surface area (Å²) in [6.45, 7) is 10.7. The van der Waals surface area contributed by atoms with Gasteiger partial charge in [0.2, 0.25) is 0 Å². The third-order valence-electron chi connectivity index (χ3n) is 5.39. The van der Waals surface area contributed by atoms with Gasteiger partial charge in [-0.15, -0.1) is 0 Å². The van der Waals surface area contributed by atoms with E-state index in [1.807, 2.05) is 12.1 Å². The minimum absolute atomic E-state index is 0.532. The van der Waals surface area contributed by atoms with E-state index in [0.29, 0.717) is 30.3 Å². The maximum absolute atomic E-state index is 6.75. The molecule has 0 bridgehead atoms. The second-order valence-electron chi connectivity index (χ2n) is 9.84. The standard InChI is InChI=1S/C24H34Cl4N4OS2Si2/c1-36(2,13-5-11-29-23(34)31-21-9-7-17(25)15-19(21)27)33-37(3,4)14-6-12-30-24(35)32-22-10-8-18(26)16-20(22)28/h7-10,15-16H,5-6,11-14H2,1-4H3,(H2,29,31,34)(H2,30,32,35). The smallest absolute Gasteiger partial charge is 0.173 e. The lowest BCUT2D eigenvalue weighted by atomic mass is 10.3. The van der Waals surface area contributed by atoms with E-state index in [1.165, 1.54) is 0 Å². The van der Waals surface area contributed by atoms with Crippen LogP contribution in [-0.4, -0.2) is 39.9 Å². The molecule has 4 N–H and O–H groups in total. The maximum atomic E-state index is 6.75. The van der Waals surface area contributed by atoms with Gasteiger partial charge in [-0.1, -0.05) is 46.4 Å². The van der Waals surface area contributed by atoms with Gasteiger partial charge >= 0.3 is 0 Å². The summed E-state index contributed by atoms with van der Waals surface area (Å²) in [6, 6.07) is 12.6. The summed E-state index contributed by atoms with van der Waals surface area (Å²) < 4.78 is 6.75. The summed E-state index contributed by atoms with van der Waals surface area (Å²) in [4.78, 5) is 0. The highest BCUT2D eigenvalue weighted by atomic mass is 35.5. The zero-order chi connectivity index (χ0) is 27.6. The predicted octanol–water partition coefficient (Wildman–Crippen LogP) is 8.78. The van der Waals surface area contributed by atoms with Crippen LogP contribution < -0.4 is 21.3 Å². The highest BCUT2D eigenvalue weighted by Gasteiger charge is 2.32. The van der Waals surface area contributed by atoms with Crippen molar-refractivity contribution in [2.45, 2.75) is 51.1 Å². The Bertz CT molecular complexity index is 1010. The Morgan fingerprint density at radius 3 is 1.43 bits per heavy atom. The third kappa shape index (κ3) is 12.8. The lowest BCUT2D eigenvalue weighted by Crippen LogP contribution is -2.45. The van der Waals surface area contributed by atoms with Crippen molar-refractivity contribution in [3.8, 4) is 0 Å². The molecule has 0 unspecified atom stereocenters. The first-order valence-electron chi connectivity index (χ1n) is 12.0. The average Bonchev–Trinajstić information content (AvgIpc) is 2.77. The first-order valence-corrected chi connectivity index (χ1v) is 20.5. The fraction of sp³-hybridized carbons (Fsp3) is 0.417. The normalized spacial score (nSPS) is 11.7. The number of hydrogen-bond donors (Lipinski definition) is 4. The second kappa shape index (κ2) is 15.2. The number of nitrogens with one attached hydrogen (secondary N) is 4. The van der Waals surface area contributed by atoms with Gasteiger partial charge in [-0.3, -0.25) is 0 Å². The van der Waals surface area contributed by atoms with Gasteiger partial charge in [0, 0.05) is 23.1 Å². The SMILES string of the molecule is C[Si](C)(CCCNC(=S)Nc1ccc(Cl)cc1Cl)O[Si](C)(C)CCCNC(=S)Nc1ccc(Cl)cc1Cl. The van der Waals surface area contributed by atoms with Crippen molar-refractivity contribution in [1.82, 2.24) is 10.6 Å². The zero-order valence-corrected chi connectivity index (χ0v) is 28.1. The number of hydrogen-bond acceptors (Lipinski definition) is 3.